The molecule has 0 aliphatic heterocycles. The van der Waals surface area contributed by atoms with Crippen LogP contribution in [0.2, 0.25) is 5.02 Å². The minimum absolute atomic E-state index is 0.0642. The number of thiol groups is 1. The van der Waals surface area contributed by atoms with E-state index in [1.54, 1.807) is 6.07 Å². The highest BCUT2D eigenvalue weighted by Crippen LogP contribution is 2.27. The number of hydrogen-bond acceptors (Lipinski definition) is 2. The first-order valence-corrected chi connectivity index (χ1v) is 7.10. The van der Waals surface area contributed by atoms with Gasteiger partial charge in [0.05, 0.1) is 10.7 Å². The summed E-state index contributed by atoms with van der Waals surface area (Å²) in [7, 11) is 0. The van der Waals surface area contributed by atoms with Gasteiger partial charge in [-0.05, 0) is 30.9 Å². The van der Waals surface area contributed by atoms with E-state index >= 15 is 0 Å². The van der Waals surface area contributed by atoms with E-state index in [-0.39, 0.29) is 11.0 Å². The Morgan fingerprint density at radius 1 is 1.26 bits per heavy atom. The molecule has 0 bridgehead atoms. The van der Waals surface area contributed by atoms with Gasteiger partial charge in [0, 0.05) is 13.3 Å². The van der Waals surface area contributed by atoms with Crippen LogP contribution >= 0.6 is 24.2 Å². The van der Waals surface area contributed by atoms with Crippen molar-refractivity contribution in [3.8, 4) is 0 Å². The number of benzene rings is 1. The number of carbonyl (C=O) groups is 2. The van der Waals surface area contributed by atoms with E-state index in [1.165, 1.54) is 6.92 Å². The fourth-order valence-electron chi connectivity index (χ4n) is 1.83. The largest absolute Gasteiger partial charge is 0.325 e. The zero-order valence-electron chi connectivity index (χ0n) is 10.9. The molecule has 1 aromatic rings. The van der Waals surface area contributed by atoms with Crippen molar-refractivity contribution >= 4 is 40.9 Å². The van der Waals surface area contributed by atoms with E-state index in [0.29, 0.717) is 17.1 Å². The van der Waals surface area contributed by atoms with Gasteiger partial charge in [0.15, 0.2) is 5.12 Å². The Bertz CT molecular complexity index is 463. The molecule has 1 rings (SSSR count). The van der Waals surface area contributed by atoms with E-state index < -0.39 is 0 Å². The normalized spacial score (nSPS) is 10.3. The fraction of sp³-hybridized carbons (Fsp3) is 0.429. The maximum Gasteiger partial charge on any atom is 0.221 e. The van der Waals surface area contributed by atoms with Gasteiger partial charge in [-0.15, -0.1) is 12.6 Å². The number of nitrogens with one attached hydrogen (secondary N) is 1. The number of anilines is 1. The van der Waals surface area contributed by atoms with Crippen LogP contribution in [0.25, 0.3) is 0 Å². The lowest BCUT2D eigenvalue weighted by Crippen LogP contribution is -2.06. The monoisotopic (exact) mass is 299 g/mol. The Morgan fingerprint density at radius 3 is 2.63 bits per heavy atom. The smallest absolute Gasteiger partial charge is 0.221 e. The van der Waals surface area contributed by atoms with Gasteiger partial charge >= 0.3 is 0 Å². The molecule has 0 saturated heterocycles. The molecular formula is C14H18ClNO2S. The van der Waals surface area contributed by atoms with Crippen molar-refractivity contribution < 1.29 is 9.59 Å². The molecule has 0 saturated carbocycles. The summed E-state index contributed by atoms with van der Waals surface area (Å²) in [6.45, 7) is 1.46. The molecule has 0 aromatic heterocycles. The molecule has 0 unspecified atom stereocenters. The topological polar surface area (TPSA) is 46.2 Å². The van der Waals surface area contributed by atoms with E-state index in [4.69, 9.17) is 11.6 Å². The van der Waals surface area contributed by atoms with Crippen LogP contribution in [0.15, 0.2) is 18.2 Å². The number of rotatable bonds is 7. The lowest BCUT2D eigenvalue weighted by Gasteiger charge is -2.09. The second kappa shape index (κ2) is 8.23. The molecule has 0 aliphatic carbocycles. The zero-order valence-corrected chi connectivity index (χ0v) is 12.6. The van der Waals surface area contributed by atoms with Crippen LogP contribution in [-0.2, 0) is 16.0 Å². The SMILES string of the molecule is CC(=O)Nc1cccc(CCCCCC(=O)S)c1Cl. The van der Waals surface area contributed by atoms with Crippen molar-refractivity contribution in [1.29, 1.82) is 0 Å². The van der Waals surface area contributed by atoms with Crippen LogP contribution < -0.4 is 5.32 Å². The lowest BCUT2D eigenvalue weighted by molar-refractivity contribution is -0.114. The Morgan fingerprint density at radius 2 is 2.00 bits per heavy atom. The molecular weight excluding hydrogens is 282 g/mol. The number of hydrogen-bond donors (Lipinski definition) is 2. The molecule has 19 heavy (non-hydrogen) atoms. The maximum atomic E-state index is 11.0. The summed E-state index contributed by atoms with van der Waals surface area (Å²) < 4.78 is 0. The highest BCUT2D eigenvalue weighted by atomic mass is 35.5. The summed E-state index contributed by atoms with van der Waals surface area (Å²) in [5.74, 6) is -0.133. The first-order chi connectivity index (χ1) is 9.00. The third kappa shape index (κ3) is 6.12. The van der Waals surface area contributed by atoms with Crippen LogP contribution in [0.3, 0.4) is 0 Å². The predicted octanol–water partition coefficient (Wildman–Crippen LogP) is 3.86. The molecule has 3 nitrogen and oxygen atoms in total. The molecule has 104 valence electrons. The molecule has 1 aromatic carbocycles. The maximum absolute atomic E-state index is 11.0. The molecule has 0 heterocycles. The Kier molecular flexibility index (Phi) is 6.95. The van der Waals surface area contributed by atoms with Gasteiger partial charge in [0.25, 0.3) is 0 Å². The average molecular weight is 300 g/mol. The van der Waals surface area contributed by atoms with Gasteiger partial charge in [-0.2, -0.15) is 0 Å². The van der Waals surface area contributed by atoms with E-state index in [2.05, 4.69) is 17.9 Å². The van der Waals surface area contributed by atoms with Gasteiger partial charge < -0.3 is 5.32 Å². The molecule has 1 N–H and O–H groups in total. The van der Waals surface area contributed by atoms with Gasteiger partial charge in [0.1, 0.15) is 0 Å². The molecule has 0 aliphatic rings. The minimum atomic E-state index is -0.133. The van der Waals surface area contributed by atoms with Crippen LogP contribution in [0, 0.1) is 0 Å². The van der Waals surface area contributed by atoms with E-state index in [9.17, 15) is 9.59 Å². The third-order valence-corrected chi connectivity index (χ3v) is 3.40. The van der Waals surface area contributed by atoms with Crippen LogP contribution in [0.4, 0.5) is 5.69 Å². The molecule has 1 amide bonds. The molecule has 0 radical (unpaired) electrons. The Hall–Kier alpha value is -1.00. The summed E-state index contributed by atoms with van der Waals surface area (Å²) in [6.07, 6.45) is 4.14. The van der Waals surface area contributed by atoms with E-state index in [0.717, 1.165) is 31.2 Å². The molecule has 0 atom stereocenters. The Balaban J connectivity index is 2.49. The number of unbranched alkanes of at least 4 members (excludes halogenated alkanes) is 2. The van der Waals surface area contributed by atoms with Gasteiger partial charge in [-0.3, -0.25) is 9.59 Å². The van der Waals surface area contributed by atoms with Crippen LogP contribution in [0.1, 0.15) is 38.2 Å². The summed E-state index contributed by atoms with van der Waals surface area (Å²) in [4.78, 5) is 21.7. The first-order valence-electron chi connectivity index (χ1n) is 6.27. The van der Waals surface area contributed by atoms with Gasteiger partial charge in [0.2, 0.25) is 5.91 Å². The van der Waals surface area contributed by atoms with Gasteiger partial charge in [-0.1, -0.05) is 30.2 Å². The molecule has 0 fully saturated rings. The minimum Gasteiger partial charge on any atom is -0.325 e. The number of halogens is 1. The van der Waals surface area contributed by atoms with E-state index in [1.807, 2.05) is 12.1 Å². The quantitative estimate of drug-likeness (QED) is 0.593. The van der Waals surface area contributed by atoms with Crippen molar-refractivity contribution in [2.24, 2.45) is 0 Å². The van der Waals surface area contributed by atoms with Crippen molar-refractivity contribution in [3.63, 3.8) is 0 Å². The second-order valence-corrected chi connectivity index (χ2v) is 5.29. The van der Waals surface area contributed by atoms with Crippen molar-refractivity contribution in [2.45, 2.75) is 39.0 Å². The van der Waals surface area contributed by atoms with Crippen molar-refractivity contribution in [3.05, 3.63) is 28.8 Å². The third-order valence-electron chi connectivity index (χ3n) is 2.73. The predicted molar refractivity (Wildman–Crippen MR) is 81.9 cm³/mol. The summed E-state index contributed by atoms with van der Waals surface area (Å²) in [5, 5.41) is 3.24. The lowest BCUT2D eigenvalue weighted by atomic mass is 10.1. The summed E-state index contributed by atoms with van der Waals surface area (Å²) in [6, 6.07) is 5.62. The Labute approximate surface area is 124 Å². The fourth-order valence-corrected chi connectivity index (χ4v) is 2.25. The first kappa shape index (κ1) is 16.1. The van der Waals surface area contributed by atoms with Crippen LogP contribution in [-0.4, -0.2) is 11.0 Å². The van der Waals surface area contributed by atoms with Crippen LogP contribution in [0.5, 0.6) is 0 Å². The van der Waals surface area contributed by atoms with Gasteiger partial charge in [-0.25, -0.2) is 0 Å². The number of carbonyl (C=O) groups excluding carboxylic acids is 2. The number of aryl methyl sites for hydroxylation is 1. The standard InChI is InChI=1S/C14H18ClNO2S/c1-10(17)16-12-8-5-7-11(14(12)15)6-3-2-4-9-13(18)19/h5,7-8H,2-4,6,9H2,1H3,(H,16,17)(H,18,19). The van der Waals surface area contributed by atoms with Crippen molar-refractivity contribution in [1.82, 2.24) is 0 Å². The molecule has 0 spiro atoms. The highest BCUT2D eigenvalue weighted by Gasteiger charge is 2.07. The number of amides is 1. The second-order valence-electron chi connectivity index (χ2n) is 4.41. The van der Waals surface area contributed by atoms with Crippen molar-refractivity contribution in [2.75, 3.05) is 5.32 Å². The zero-order chi connectivity index (χ0) is 14.3. The summed E-state index contributed by atoms with van der Waals surface area (Å²) >= 11 is 9.97. The summed E-state index contributed by atoms with van der Waals surface area (Å²) in [5.41, 5.74) is 1.67. The molecule has 5 heteroatoms. The average Bonchev–Trinajstić information content (AvgIpc) is 2.32. The highest BCUT2D eigenvalue weighted by molar-refractivity contribution is 7.96.